The summed E-state index contributed by atoms with van der Waals surface area (Å²) in [4.78, 5) is 15.4. The number of halogens is 3. The summed E-state index contributed by atoms with van der Waals surface area (Å²) in [6, 6.07) is 1.67. The van der Waals surface area contributed by atoms with E-state index in [4.69, 9.17) is 11.1 Å². The average Bonchev–Trinajstić information content (AvgIpc) is 3.17. The first-order valence-electron chi connectivity index (χ1n) is 9.56. The van der Waals surface area contributed by atoms with E-state index in [0.29, 0.717) is 36.5 Å². The molecule has 31 heavy (non-hydrogen) atoms. The molecule has 3 aliphatic heterocycles. The molecule has 4 heterocycles. The summed E-state index contributed by atoms with van der Waals surface area (Å²) in [7, 11) is 0. The fourth-order valence-electron chi connectivity index (χ4n) is 3.83. The van der Waals surface area contributed by atoms with Gasteiger partial charge in [-0.1, -0.05) is 0 Å². The van der Waals surface area contributed by atoms with Gasteiger partial charge in [-0.25, -0.2) is 9.97 Å². The van der Waals surface area contributed by atoms with Gasteiger partial charge in [-0.15, -0.1) is 0 Å². The maximum atomic E-state index is 13.1. The molecule has 2 atom stereocenters. The van der Waals surface area contributed by atoms with Crippen LogP contribution in [0.1, 0.15) is 18.7 Å². The molecule has 0 aromatic carbocycles. The van der Waals surface area contributed by atoms with Crippen LogP contribution >= 0.6 is 0 Å². The third-order valence-electron chi connectivity index (χ3n) is 5.41. The van der Waals surface area contributed by atoms with Crippen LogP contribution in [-0.4, -0.2) is 63.4 Å². The van der Waals surface area contributed by atoms with Gasteiger partial charge in [0.15, 0.2) is 11.5 Å². The van der Waals surface area contributed by atoms with Crippen LogP contribution in [0.5, 0.6) is 0 Å². The number of hydrogen-bond donors (Lipinski definition) is 4. The van der Waals surface area contributed by atoms with Gasteiger partial charge in [0.05, 0.1) is 6.54 Å². The van der Waals surface area contributed by atoms with Crippen molar-refractivity contribution < 1.29 is 18.3 Å². The fourth-order valence-corrected chi connectivity index (χ4v) is 3.83. The second-order valence-electron chi connectivity index (χ2n) is 7.40. The third kappa shape index (κ3) is 3.85. The largest absolute Gasteiger partial charge is 0.434 e. The molecule has 12 heteroatoms. The van der Waals surface area contributed by atoms with E-state index in [1.807, 2.05) is 4.90 Å². The Morgan fingerprint density at radius 3 is 2.94 bits per heavy atom. The van der Waals surface area contributed by atoms with Crippen molar-refractivity contribution in [1.82, 2.24) is 20.2 Å². The Labute approximate surface area is 176 Å². The number of aliphatic hydroxyl groups is 1. The van der Waals surface area contributed by atoms with Crippen LogP contribution < -0.4 is 16.0 Å². The van der Waals surface area contributed by atoms with Crippen molar-refractivity contribution in [1.29, 1.82) is 5.41 Å². The Hall–Kier alpha value is -3.41. The molecule has 1 aromatic heterocycles. The molecular formula is C19H21F3N8O. The topological polar surface area (TPSA) is 127 Å². The molecule has 1 fully saturated rings. The lowest BCUT2D eigenvalue weighted by Crippen LogP contribution is -2.50. The number of β-amino-alcohol motifs (C(OH)–C–C–N with tert-alkyl or cyclic N) is 1. The predicted octanol–water partition coefficient (Wildman–Crippen LogP) is 1.32. The lowest BCUT2D eigenvalue weighted by molar-refractivity contribution is -0.0936. The number of piperidine rings is 1. The van der Waals surface area contributed by atoms with E-state index in [1.165, 1.54) is 23.5 Å². The van der Waals surface area contributed by atoms with E-state index in [2.05, 4.69) is 20.3 Å². The number of aromatic nitrogens is 2. The van der Waals surface area contributed by atoms with Gasteiger partial charge >= 0.3 is 6.18 Å². The van der Waals surface area contributed by atoms with Gasteiger partial charge in [0.2, 0.25) is 0 Å². The molecule has 1 saturated heterocycles. The SMILES string of the molecule is N=CC(=CN)C1(O)CCCN(c2ccnc(C3=CNC4C=NC(C(F)(F)F)=CN34)n2)C1. The van der Waals surface area contributed by atoms with Crippen LogP contribution in [0.15, 0.2) is 47.1 Å². The molecule has 0 aliphatic carbocycles. The van der Waals surface area contributed by atoms with Crippen molar-refractivity contribution in [2.24, 2.45) is 10.7 Å². The van der Waals surface area contributed by atoms with Crippen molar-refractivity contribution >= 4 is 23.9 Å². The number of rotatable bonds is 4. The van der Waals surface area contributed by atoms with Crippen molar-refractivity contribution in [2.45, 2.75) is 30.8 Å². The average molecular weight is 434 g/mol. The predicted molar refractivity (Wildman–Crippen MR) is 109 cm³/mol. The summed E-state index contributed by atoms with van der Waals surface area (Å²) in [5.41, 5.74) is 3.95. The summed E-state index contributed by atoms with van der Waals surface area (Å²) in [6.45, 7) is 0.791. The fraction of sp³-hybridized carbons (Fsp3) is 0.368. The molecule has 4 rings (SSSR count). The molecule has 0 spiro atoms. The van der Waals surface area contributed by atoms with Crippen LogP contribution in [0.2, 0.25) is 0 Å². The third-order valence-corrected chi connectivity index (χ3v) is 5.41. The molecule has 3 aliphatic rings. The maximum Gasteiger partial charge on any atom is 0.434 e. The normalized spacial score (nSPS) is 26.2. The standard InChI is InChI=1S/C19H21F3N8O/c20-19(21,22)14-10-30-13(8-27-16(30)9-26-14)17-25-4-2-15(28-17)29-5-1-3-18(31,11-29)12(6-23)7-24/h2,4,6-10,16,23,27,31H,1,3,5,11,24H2. The van der Waals surface area contributed by atoms with Crippen LogP contribution in [0.3, 0.4) is 0 Å². The summed E-state index contributed by atoms with van der Waals surface area (Å²) in [6.07, 6.45) is 3.39. The molecule has 2 unspecified atom stereocenters. The highest BCUT2D eigenvalue weighted by atomic mass is 19.4. The maximum absolute atomic E-state index is 13.1. The number of hydrogen-bond acceptors (Lipinski definition) is 9. The van der Waals surface area contributed by atoms with E-state index < -0.39 is 23.6 Å². The Balaban J connectivity index is 1.60. The first-order valence-corrected chi connectivity index (χ1v) is 9.56. The van der Waals surface area contributed by atoms with Gasteiger partial charge in [0.1, 0.15) is 23.3 Å². The Bertz CT molecular complexity index is 1000. The van der Waals surface area contributed by atoms with Gasteiger partial charge in [0, 0.05) is 49.3 Å². The molecule has 1 aromatic rings. The van der Waals surface area contributed by atoms with E-state index in [1.54, 1.807) is 12.3 Å². The monoisotopic (exact) mass is 434 g/mol. The van der Waals surface area contributed by atoms with Gasteiger partial charge in [-0.3, -0.25) is 4.99 Å². The van der Waals surface area contributed by atoms with E-state index in [9.17, 15) is 18.3 Å². The minimum Gasteiger partial charge on any atom is -0.404 e. The highest BCUT2D eigenvalue weighted by Crippen LogP contribution is 2.34. The minimum atomic E-state index is -4.57. The lowest BCUT2D eigenvalue weighted by atomic mass is 9.86. The number of nitrogens with two attached hydrogens (primary N) is 1. The number of nitrogens with one attached hydrogen (secondary N) is 2. The molecular weight excluding hydrogens is 413 g/mol. The van der Waals surface area contributed by atoms with Crippen molar-refractivity contribution in [2.75, 3.05) is 18.0 Å². The second kappa shape index (κ2) is 7.69. The molecule has 0 bridgehead atoms. The quantitative estimate of drug-likeness (QED) is 0.527. The van der Waals surface area contributed by atoms with Crippen molar-refractivity contribution in [3.63, 3.8) is 0 Å². The highest BCUT2D eigenvalue weighted by Gasteiger charge is 2.40. The van der Waals surface area contributed by atoms with Crippen LogP contribution in [0.4, 0.5) is 19.0 Å². The first-order chi connectivity index (χ1) is 14.7. The smallest absolute Gasteiger partial charge is 0.404 e. The number of aliphatic imine (C=N–C) groups is 1. The van der Waals surface area contributed by atoms with Crippen LogP contribution in [-0.2, 0) is 0 Å². The molecule has 164 valence electrons. The van der Waals surface area contributed by atoms with Crippen LogP contribution in [0.25, 0.3) is 5.70 Å². The molecule has 9 nitrogen and oxygen atoms in total. The van der Waals surface area contributed by atoms with E-state index >= 15 is 0 Å². The highest BCUT2D eigenvalue weighted by molar-refractivity contribution is 5.79. The first kappa shape index (κ1) is 20.8. The minimum absolute atomic E-state index is 0.177. The summed E-state index contributed by atoms with van der Waals surface area (Å²) in [5, 5.41) is 21.4. The van der Waals surface area contributed by atoms with Gasteiger partial charge in [-0.05, 0) is 18.9 Å². The Kier molecular flexibility index (Phi) is 5.17. The Morgan fingerprint density at radius 2 is 2.23 bits per heavy atom. The summed E-state index contributed by atoms with van der Waals surface area (Å²) >= 11 is 0. The van der Waals surface area contributed by atoms with Gasteiger partial charge < -0.3 is 31.4 Å². The molecule has 5 N–H and O–H groups in total. The van der Waals surface area contributed by atoms with E-state index in [0.717, 1.165) is 12.4 Å². The van der Waals surface area contributed by atoms with Gasteiger partial charge in [0.25, 0.3) is 0 Å². The molecule has 0 radical (unpaired) electrons. The zero-order chi connectivity index (χ0) is 22.2. The second-order valence-corrected chi connectivity index (χ2v) is 7.40. The summed E-state index contributed by atoms with van der Waals surface area (Å²) in [5.74, 6) is 0.746. The summed E-state index contributed by atoms with van der Waals surface area (Å²) < 4.78 is 39.3. The number of nitrogens with zero attached hydrogens (tertiary/aromatic N) is 5. The van der Waals surface area contributed by atoms with Crippen molar-refractivity contribution in [3.05, 3.63) is 48.0 Å². The zero-order valence-corrected chi connectivity index (χ0v) is 16.3. The number of allylic oxidation sites excluding steroid dienone is 1. The van der Waals surface area contributed by atoms with Crippen molar-refractivity contribution in [3.8, 4) is 0 Å². The van der Waals surface area contributed by atoms with E-state index in [-0.39, 0.29) is 12.4 Å². The number of alkyl halides is 3. The number of anilines is 1. The lowest BCUT2D eigenvalue weighted by Gasteiger charge is -2.40. The zero-order valence-electron chi connectivity index (χ0n) is 16.3. The molecule has 0 amide bonds. The molecule has 0 saturated carbocycles. The van der Waals surface area contributed by atoms with Gasteiger partial charge in [-0.2, -0.15) is 13.2 Å². The number of fused-ring (bicyclic) bond motifs is 1. The van der Waals surface area contributed by atoms with Crippen LogP contribution in [0, 0.1) is 5.41 Å². The Morgan fingerprint density at radius 1 is 1.42 bits per heavy atom.